The maximum absolute atomic E-state index is 13.5. The van der Waals surface area contributed by atoms with Crippen LogP contribution in [0.15, 0.2) is 162 Å². The van der Waals surface area contributed by atoms with Gasteiger partial charge in [0.15, 0.2) is 9.84 Å². The van der Waals surface area contributed by atoms with E-state index in [1.165, 1.54) is 0 Å². The van der Waals surface area contributed by atoms with Gasteiger partial charge in [-0.05, 0) is 115 Å². The van der Waals surface area contributed by atoms with E-state index in [0.717, 1.165) is 88.7 Å². The number of para-hydroxylation sites is 1. The van der Waals surface area contributed by atoms with Crippen LogP contribution in [0.4, 0.5) is 0 Å². The first-order valence-corrected chi connectivity index (χ1v) is 17.9. The smallest absolute Gasteiger partial charge is 0.158 e. The number of hydrogen-bond acceptors (Lipinski definition) is 3. The van der Waals surface area contributed by atoms with Crippen LogP contribution in [0.5, 0.6) is 0 Å². The van der Waals surface area contributed by atoms with Crippen molar-refractivity contribution in [2.75, 3.05) is 0 Å². The molecular weight excluding hydrogens is 609 g/mol. The largest absolute Gasteiger partial charge is 0.456 e. The lowest BCUT2D eigenvalue weighted by atomic mass is 9.89. The lowest BCUT2D eigenvalue weighted by Gasteiger charge is -2.15. The molecule has 0 aliphatic carbocycles. The van der Waals surface area contributed by atoms with Crippen molar-refractivity contribution in [3.63, 3.8) is 0 Å². The van der Waals surface area contributed by atoms with E-state index in [4.69, 9.17) is 4.42 Å². The van der Waals surface area contributed by atoms with Crippen LogP contribution in [-0.2, 0) is 21.3 Å². The van der Waals surface area contributed by atoms with Crippen molar-refractivity contribution in [2.24, 2.45) is 0 Å². The fraction of sp³-hybridized carbons (Fsp3) is 0.0455. The molecule has 0 saturated carbocycles. The van der Waals surface area contributed by atoms with E-state index in [1.54, 1.807) is 0 Å². The van der Waals surface area contributed by atoms with Crippen LogP contribution in [-0.4, -0.2) is 8.42 Å². The third-order valence-electron chi connectivity index (χ3n) is 9.45. The van der Waals surface area contributed by atoms with Gasteiger partial charge < -0.3 is 4.42 Å². The second kappa shape index (κ2) is 11.2. The Bertz CT molecular complexity index is 2560. The van der Waals surface area contributed by atoms with Crippen molar-refractivity contribution in [1.29, 1.82) is 0 Å². The fourth-order valence-corrected chi connectivity index (χ4v) is 8.65. The van der Waals surface area contributed by atoms with Gasteiger partial charge >= 0.3 is 0 Å². The Kier molecular flexibility index (Phi) is 6.66. The predicted octanol–water partition coefficient (Wildman–Crippen LogP) is 11.3. The lowest BCUT2D eigenvalue weighted by Crippen LogP contribution is -2.05. The first-order valence-electron chi connectivity index (χ1n) is 16.1. The summed E-state index contributed by atoms with van der Waals surface area (Å²) in [4.78, 5) is 0. The first kappa shape index (κ1) is 28.5. The molecule has 48 heavy (non-hydrogen) atoms. The third kappa shape index (κ3) is 5.11. The zero-order chi connectivity index (χ0) is 32.2. The van der Waals surface area contributed by atoms with Gasteiger partial charge in [-0.2, -0.15) is 0 Å². The average Bonchev–Trinajstić information content (AvgIpc) is 3.45. The molecule has 0 fully saturated rings. The van der Waals surface area contributed by atoms with Crippen LogP contribution in [0.2, 0.25) is 0 Å². The lowest BCUT2D eigenvalue weighted by molar-refractivity contribution is 0.595. The highest BCUT2D eigenvalue weighted by Gasteiger charge is 2.25. The van der Waals surface area contributed by atoms with Crippen LogP contribution < -0.4 is 0 Å². The summed E-state index contributed by atoms with van der Waals surface area (Å²) in [6.45, 7) is 0. The van der Waals surface area contributed by atoms with Crippen molar-refractivity contribution in [1.82, 2.24) is 0 Å². The minimum Gasteiger partial charge on any atom is -0.456 e. The van der Waals surface area contributed by atoms with Crippen molar-refractivity contribution < 1.29 is 12.8 Å². The number of rotatable bonds is 4. The normalized spacial score (nSPS) is 13.6. The maximum atomic E-state index is 13.5. The molecular formula is C44H30O3S. The molecule has 0 N–H and O–H groups in total. The van der Waals surface area contributed by atoms with E-state index in [2.05, 4.69) is 109 Å². The summed E-state index contributed by atoms with van der Waals surface area (Å²) in [6, 6.07) is 54.3. The Morgan fingerprint density at radius 2 is 0.917 bits per heavy atom. The van der Waals surface area contributed by atoms with Gasteiger partial charge in [0.1, 0.15) is 11.2 Å². The molecule has 0 spiro atoms. The molecule has 0 saturated heterocycles. The quantitative estimate of drug-likeness (QED) is 0.193. The van der Waals surface area contributed by atoms with E-state index >= 15 is 0 Å². The minimum absolute atomic E-state index is 0.00127. The molecule has 1 aliphatic heterocycles. The molecule has 4 heteroatoms. The highest BCUT2D eigenvalue weighted by atomic mass is 32.2. The van der Waals surface area contributed by atoms with Crippen LogP contribution in [0.1, 0.15) is 11.1 Å². The summed E-state index contributed by atoms with van der Waals surface area (Å²) in [5.41, 5.74) is 14.0. The minimum atomic E-state index is -3.38. The number of hydrogen-bond donors (Lipinski definition) is 0. The summed E-state index contributed by atoms with van der Waals surface area (Å²) in [6.07, 6.45) is 0. The topological polar surface area (TPSA) is 47.3 Å². The molecule has 7 aromatic carbocycles. The Hall–Kier alpha value is -5.71. The molecule has 230 valence electrons. The number of furan rings is 1. The number of fused-ring (bicyclic) bond motifs is 6. The van der Waals surface area contributed by atoms with Gasteiger partial charge in [-0.1, -0.05) is 109 Å². The first-order chi connectivity index (χ1) is 23.5. The second-order valence-electron chi connectivity index (χ2n) is 12.6. The summed E-state index contributed by atoms with van der Waals surface area (Å²) in [5, 5.41) is 2.12. The fourth-order valence-electron chi connectivity index (χ4n) is 7.11. The third-order valence-corrected chi connectivity index (χ3v) is 10.9. The van der Waals surface area contributed by atoms with E-state index < -0.39 is 9.84 Å². The molecule has 8 aromatic rings. The van der Waals surface area contributed by atoms with Gasteiger partial charge in [-0.3, -0.25) is 0 Å². The van der Waals surface area contributed by atoms with Crippen LogP contribution in [0.3, 0.4) is 0 Å². The molecule has 3 nitrogen and oxygen atoms in total. The van der Waals surface area contributed by atoms with Crippen LogP contribution in [0, 0.1) is 0 Å². The van der Waals surface area contributed by atoms with Gasteiger partial charge in [-0.15, -0.1) is 0 Å². The molecule has 1 aliphatic rings. The Labute approximate surface area is 279 Å². The molecule has 0 amide bonds. The van der Waals surface area contributed by atoms with Gasteiger partial charge in [0.25, 0.3) is 0 Å². The van der Waals surface area contributed by atoms with Gasteiger partial charge in [0.05, 0.1) is 11.5 Å². The zero-order valence-corrected chi connectivity index (χ0v) is 26.9. The van der Waals surface area contributed by atoms with Gasteiger partial charge in [-0.25, -0.2) is 8.42 Å². The molecule has 9 rings (SSSR count). The monoisotopic (exact) mass is 638 g/mol. The van der Waals surface area contributed by atoms with Crippen LogP contribution >= 0.6 is 0 Å². The van der Waals surface area contributed by atoms with Gasteiger partial charge in [0, 0.05) is 10.8 Å². The number of benzene rings is 7. The highest BCUT2D eigenvalue weighted by molar-refractivity contribution is 7.89. The maximum Gasteiger partial charge on any atom is 0.158 e. The summed E-state index contributed by atoms with van der Waals surface area (Å²) in [5.74, 6) is 0.0115. The summed E-state index contributed by atoms with van der Waals surface area (Å²) >= 11 is 0. The summed E-state index contributed by atoms with van der Waals surface area (Å²) in [7, 11) is -3.38. The molecule has 0 atom stereocenters. The average molecular weight is 639 g/mol. The Morgan fingerprint density at radius 3 is 1.65 bits per heavy atom. The molecule has 1 aromatic heterocycles. The molecule has 2 heterocycles. The predicted molar refractivity (Wildman–Crippen MR) is 197 cm³/mol. The van der Waals surface area contributed by atoms with Gasteiger partial charge in [0.2, 0.25) is 0 Å². The van der Waals surface area contributed by atoms with E-state index in [-0.39, 0.29) is 11.5 Å². The summed E-state index contributed by atoms with van der Waals surface area (Å²) < 4.78 is 33.0. The zero-order valence-electron chi connectivity index (χ0n) is 26.1. The molecule has 0 bridgehead atoms. The standard InChI is InChI=1S/C44H30O3S/c45-48(46)27-34-16-15-33(37-23-35(29-9-3-1-4-10-29)22-36(24-37)30-11-5-2-6-12-30)25-41(34)39-19-17-31(21-38(39)28-48)32-18-20-44-42(26-32)40-13-7-8-14-43(40)47-44/h1-26H,27-28H2. The van der Waals surface area contributed by atoms with Crippen molar-refractivity contribution in [3.05, 3.63) is 169 Å². The van der Waals surface area contributed by atoms with Crippen molar-refractivity contribution in [3.8, 4) is 55.6 Å². The van der Waals surface area contributed by atoms with E-state index in [1.807, 2.05) is 48.5 Å². The Balaban J connectivity index is 1.18. The SMILES string of the molecule is O=S1(=O)Cc2cc(-c3ccc4oc5ccccc5c4c3)ccc2-c2cc(-c3cc(-c4ccccc4)cc(-c4ccccc4)c3)ccc2C1. The number of sulfone groups is 1. The molecule has 0 radical (unpaired) electrons. The van der Waals surface area contributed by atoms with E-state index in [9.17, 15) is 8.42 Å². The Morgan fingerprint density at radius 1 is 0.375 bits per heavy atom. The van der Waals surface area contributed by atoms with Crippen molar-refractivity contribution in [2.45, 2.75) is 11.5 Å². The highest BCUT2D eigenvalue weighted by Crippen LogP contribution is 2.41. The van der Waals surface area contributed by atoms with Crippen molar-refractivity contribution >= 4 is 31.8 Å². The second-order valence-corrected chi connectivity index (χ2v) is 14.7. The van der Waals surface area contributed by atoms with E-state index in [0.29, 0.717) is 0 Å². The molecule has 0 unspecified atom stereocenters. The van der Waals surface area contributed by atoms with Crippen LogP contribution in [0.25, 0.3) is 77.6 Å².